The van der Waals surface area contributed by atoms with Crippen LogP contribution in [0, 0.1) is 6.92 Å². The zero-order valence-electron chi connectivity index (χ0n) is 12.0. The maximum Gasteiger partial charge on any atom is 0.168 e. The number of furan rings is 1. The molecule has 2 aromatic rings. The summed E-state index contributed by atoms with van der Waals surface area (Å²) < 4.78 is 5.70. The van der Waals surface area contributed by atoms with Crippen molar-refractivity contribution >= 4 is 33.6 Å². The highest BCUT2D eigenvalue weighted by molar-refractivity contribution is 8.17. The van der Waals surface area contributed by atoms with E-state index in [1.165, 1.54) is 5.56 Å². The van der Waals surface area contributed by atoms with Crippen molar-refractivity contribution in [3.63, 3.8) is 0 Å². The number of hydrogen-bond donors (Lipinski definition) is 1. The second-order valence-corrected chi connectivity index (χ2v) is 6.47. The van der Waals surface area contributed by atoms with Gasteiger partial charge in [0.1, 0.15) is 5.58 Å². The van der Waals surface area contributed by atoms with Crippen LogP contribution in [0.5, 0.6) is 0 Å². The van der Waals surface area contributed by atoms with E-state index in [2.05, 4.69) is 28.9 Å². The van der Waals surface area contributed by atoms with Crippen LogP contribution in [0.1, 0.15) is 18.1 Å². The van der Waals surface area contributed by atoms with Crippen molar-refractivity contribution < 1.29 is 9.52 Å². The molecule has 0 fully saturated rings. The van der Waals surface area contributed by atoms with E-state index in [0.717, 1.165) is 45.4 Å². The minimum Gasteiger partial charge on any atom is -0.464 e. The molecule has 21 heavy (non-hydrogen) atoms. The van der Waals surface area contributed by atoms with Crippen LogP contribution >= 0.6 is 11.8 Å². The number of hydrogen-bond acceptors (Lipinski definition) is 5. The Morgan fingerprint density at radius 2 is 2.29 bits per heavy atom. The molecule has 0 radical (unpaired) electrons. The molecule has 0 aliphatic carbocycles. The summed E-state index contributed by atoms with van der Waals surface area (Å²) >= 11 is 1.57. The Kier molecular flexibility index (Phi) is 2.87. The summed E-state index contributed by atoms with van der Waals surface area (Å²) in [6.45, 7) is 5.57. The smallest absolute Gasteiger partial charge is 0.168 e. The molecule has 1 aromatic carbocycles. The van der Waals surface area contributed by atoms with Crippen LogP contribution in [0.15, 0.2) is 38.8 Å². The topological polar surface area (TPSA) is 49.0 Å². The van der Waals surface area contributed by atoms with Gasteiger partial charge >= 0.3 is 0 Å². The van der Waals surface area contributed by atoms with E-state index in [9.17, 15) is 5.11 Å². The average Bonchev–Trinajstić information content (AvgIpc) is 3.11. The summed E-state index contributed by atoms with van der Waals surface area (Å²) in [6.07, 6.45) is 1.21. The number of aliphatic hydroxyl groups is 1. The van der Waals surface area contributed by atoms with Gasteiger partial charge < -0.3 is 14.4 Å². The maximum absolute atomic E-state index is 10.1. The van der Waals surface area contributed by atoms with Crippen molar-refractivity contribution in [3.8, 4) is 0 Å². The predicted octanol–water partition coefficient (Wildman–Crippen LogP) is 3.21. The first-order valence-corrected chi connectivity index (χ1v) is 7.87. The number of nitrogens with zero attached hydrogens (tertiary/aromatic N) is 2. The van der Waals surface area contributed by atoms with Crippen LogP contribution in [-0.4, -0.2) is 34.4 Å². The van der Waals surface area contributed by atoms with Gasteiger partial charge in [0.25, 0.3) is 0 Å². The van der Waals surface area contributed by atoms with Gasteiger partial charge in [-0.05, 0) is 37.6 Å². The molecule has 5 heteroatoms. The van der Waals surface area contributed by atoms with Crippen LogP contribution < -0.4 is 0 Å². The molecule has 1 N–H and O–H groups in total. The molecule has 0 amide bonds. The van der Waals surface area contributed by atoms with Crippen molar-refractivity contribution in [2.24, 2.45) is 4.99 Å². The zero-order chi connectivity index (χ0) is 14.6. The fraction of sp³-hybridized carbons (Fsp3) is 0.312. The number of fused-ring (bicyclic) bond motifs is 2. The Bertz CT molecular complexity index is 789. The van der Waals surface area contributed by atoms with Gasteiger partial charge in [-0.2, -0.15) is 0 Å². The molecular formula is C16H16N2O2S. The van der Waals surface area contributed by atoms with Gasteiger partial charge in [0.05, 0.1) is 24.6 Å². The highest BCUT2D eigenvalue weighted by Gasteiger charge is 2.35. The standard InChI is InChI=1S/C16H16N2O2S/c1-9-7-11-3-6-20-14(11)12(8-9)13-15(10(2)19)21-16-17-4-5-18(13)16/h3,6-8,10,19H,4-5H2,1-2H3. The molecule has 3 heterocycles. The SMILES string of the molecule is Cc1cc(C2=C(C(C)O)SC3=NCCN32)c2occc2c1. The van der Waals surface area contributed by atoms with Crippen molar-refractivity contribution in [1.29, 1.82) is 0 Å². The van der Waals surface area contributed by atoms with Gasteiger partial charge in [-0.25, -0.2) is 0 Å². The lowest BCUT2D eigenvalue weighted by molar-refractivity contribution is 0.240. The molecule has 2 aliphatic rings. The number of aryl methyl sites for hydroxylation is 1. The van der Waals surface area contributed by atoms with E-state index >= 15 is 0 Å². The number of benzene rings is 1. The molecule has 0 spiro atoms. The minimum absolute atomic E-state index is 0.510. The quantitative estimate of drug-likeness (QED) is 0.925. The van der Waals surface area contributed by atoms with Crippen LogP contribution in [0.2, 0.25) is 0 Å². The number of amidine groups is 1. The average molecular weight is 300 g/mol. The predicted molar refractivity (Wildman–Crippen MR) is 86.2 cm³/mol. The summed E-state index contributed by atoms with van der Waals surface area (Å²) in [5.41, 5.74) is 4.16. The third-order valence-corrected chi connectivity index (χ3v) is 5.12. The number of thioether (sulfide) groups is 1. The van der Waals surface area contributed by atoms with E-state index in [0.29, 0.717) is 0 Å². The molecule has 0 saturated carbocycles. The number of aliphatic imine (C=N–C) groups is 1. The van der Waals surface area contributed by atoms with E-state index in [1.807, 2.05) is 6.07 Å². The Morgan fingerprint density at radius 3 is 3.10 bits per heavy atom. The third kappa shape index (κ3) is 1.92. The van der Waals surface area contributed by atoms with Crippen LogP contribution in [0.25, 0.3) is 16.7 Å². The lowest BCUT2D eigenvalue weighted by atomic mass is 10.0. The number of rotatable bonds is 2. The molecule has 108 valence electrons. The van der Waals surface area contributed by atoms with E-state index in [4.69, 9.17) is 4.42 Å². The Morgan fingerprint density at radius 1 is 1.43 bits per heavy atom. The molecule has 0 bridgehead atoms. The minimum atomic E-state index is -0.510. The van der Waals surface area contributed by atoms with Crippen molar-refractivity contribution in [3.05, 3.63) is 40.5 Å². The van der Waals surface area contributed by atoms with Crippen molar-refractivity contribution in [1.82, 2.24) is 4.90 Å². The molecule has 1 unspecified atom stereocenters. The Labute approximate surface area is 127 Å². The summed E-state index contributed by atoms with van der Waals surface area (Å²) in [6, 6.07) is 6.23. The lowest BCUT2D eigenvalue weighted by Gasteiger charge is -2.18. The summed E-state index contributed by atoms with van der Waals surface area (Å²) in [4.78, 5) is 7.67. The fourth-order valence-electron chi connectivity index (χ4n) is 2.97. The van der Waals surface area contributed by atoms with Crippen molar-refractivity contribution in [2.75, 3.05) is 13.1 Å². The second-order valence-electron chi connectivity index (χ2n) is 5.46. The zero-order valence-corrected chi connectivity index (χ0v) is 12.8. The molecule has 1 atom stereocenters. The molecule has 1 aromatic heterocycles. The second kappa shape index (κ2) is 4.64. The van der Waals surface area contributed by atoms with Gasteiger partial charge in [-0.3, -0.25) is 4.99 Å². The van der Waals surface area contributed by atoms with Crippen LogP contribution in [0.4, 0.5) is 0 Å². The Balaban J connectivity index is 1.99. The van der Waals surface area contributed by atoms with Gasteiger partial charge in [-0.1, -0.05) is 11.8 Å². The molecule has 2 aliphatic heterocycles. The van der Waals surface area contributed by atoms with Gasteiger partial charge in [0, 0.05) is 22.4 Å². The van der Waals surface area contributed by atoms with Crippen LogP contribution in [0.3, 0.4) is 0 Å². The molecule has 0 saturated heterocycles. The van der Waals surface area contributed by atoms with E-state index in [-0.39, 0.29) is 0 Å². The summed E-state index contributed by atoms with van der Waals surface area (Å²) in [5, 5.41) is 12.2. The number of aliphatic hydroxyl groups excluding tert-OH is 1. The first-order valence-electron chi connectivity index (χ1n) is 7.05. The van der Waals surface area contributed by atoms with Gasteiger partial charge in [0.2, 0.25) is 0 Å². The first-order chi connectivity index (χ1) is 10.1. The molecular weight excluding hydrogens is 284 g/mol. The van der Waals surface area contributed by atoms with Gasteiger partial charge in [-0.15, -0.1) is 0 Å². The normalized spacial score (nSPS) is 19.4. The van der Waals surface area contributed by atoms with E-state index < -0.39 is 6.10 Å². The fourth-order valence-corrected chi connectivity index (χ4v) is 4.10. The monoisotopic (exact) mass is 300 g/mol. The summed E-state index contributed by atoms with van der Waals surface area (Å²) in [7, 11) is 0. The van der Waals surface area contributed by atoms with Crippen LogP contribution in [-0.2, 0) is 0 Å². The first kappa shape index (κ1) is 13.0. The highest BCUT2D eigenvalue weighted by Crippen LogP contribution is 2.45. The molecule has 4 nitrogen and oxygen atoms in total. The lowest BCUT2D eigenvalue weighted by Crippen LogP contribution is -2.20. The Hall–Kier alpha value is -1.72. The maximum atomic E-state index is 10.1. The third-order valence-electron chi connectivity index (χ3n) is 3.84. The highest BCUT2D eigenvalue weighted by atomic mass is 32.2. The molecule has 4 rings (SSSR count). The largest absolute Gasteiger partial charge is 0.464 e. The summed E-state index contributed by atoms with van der Waals surface area (Å²) in [5.74, 6) is 0. The van der Waals surface area contributed by atoms with Crippen molar-refractivity contribution in [2.45, 2.75) is 20.0 Å². The van der Waals surface area contributed by atoms with E-state index in [1.54, 1.807) is 24.9 Å². The van der Waals surface area contributed by atoms with Gasteiger partial charge in [0.15, 0.2) is 5.17 Å².